The van der Waals surface area contributed by atoms with Gasteiger partial charge in [0.2, 0.25) is 10.0 Å². The van der Waals surface area contributed by atoms with Gasteiger partial charge < -0.3 is 4.90 Å². The van der Waals surface area contributed by atoms with Crippen LogP contribution in [0, 0.1) is 0 Å². The van der Waals surface area contributed by atoms with Gasteiger partial charge in [-0.05, 0) is 50.7 Å². The molecule has 1 heterocycles. The summed E-state index contributed by atoms with van der Waals surface area (Å²) in [5.41, 5.74) is 0. The molecule has 106 valence electrons. The molecule has 1 aliphatic heterocycles. The molecule has 1 aromatic carbocycles. The van der Waals surface area contributed by atoms with Crippen LogP contribution in [0.2, 0.25) is 0 Å². The first-order chi connectivity index (χ1) is 8.91. The molecule has 0 saturated carbocycles. The Hall–Kier alpha value is -0.430. The Bertz CT molecular complexity index is 530. The number of benzene rings is 1. The molecule has 2 rings (SSSR count). The fourth-order valence-corrected chi connectivity index (χ4v) is 4.05. The van der Waals surface area contributed by atoms with Gasteiger partial charge in [-0.25, -0.2) is 8.42 Å². The maximum absolute atomic E-state index is 12.5. The van der Waals surface area contributed by atoms with Crippen LogP contribution < -0.4 is 0 Å². The average Bonchev–Trinajstić information content (AvgIpc) is 2.38. The zero-order valence-electron chi connectivity index (χ0n) is 11.2. The predicted octanol–water partition coefficient (Wildman–Crippen LogP) is 2.16. The van der Waals surface area contributed by atoms with E-state index in [-0.39, 0.29) is 6.04 Å². The summed E-state index contributed by atoms with van der Waals surface area (Å²) in [4.78, 5) is 2.54. The lowest BCUT2D eigenvalue weighted by Crippen LogP contribution is -2.47. The molecule has 6 heteroatoms. The van der Waals surface area contributed by atoms with Crippen molar-refractivity contribution in [1.82, 2.24) is 9.21 Å². The molecule has 0 bridgehead atoms. The van der Waals surface area contributed by atoms with E-state index in [1.807, 2.05) is 7.05 Å². The number of piperidine rings is 1. The summed E-state index contributed by atoms with van der Waals surface area (Å²) < 4.78 is 27.5. The van der Waals surface area contributed by atoms with Crippen LogP contribution in [0.15, 0.2) is 33.6 Å². The quantitative estimate of drug-likeness (QED) is 0.841. The molecule has 0 spiro atoms. The van der Waals surface area contributed by atoms with E-state index in [2.05, 4.69) is 20.8 Å². The van der Waals surface area contributed by atoms with E-state index < -0.39 is 10.0 Å². The molecule has 1 aromatic rings. The lowest BCUT2D eigenvalue weighted by molar-refractivity contribution is 0.187. The molecule has 0 aliphatic carbocycles. The van der Waals surface area contributed by atoms with E-state index in [4.69, 9.17) is 0 Å². The van der Waals surface area contributed by atoms with Crippen molar-refractivity contribution >= 4 is 26.0 Å². The van der Waals surface area contributed by atoms with Gasteiger partial charge in [0, 0.05) is 24.1 Å². The molecular weight excluding hydrogens is 328 g/mol. The number of likely N-dealkylation sites (N-methyl/N-ethyl adjacent to an activating group) is 2. The molecule has 0 aromatic heterocycles. The monoisotopic (exact) mass is 346 g/mol. The summed E-state index contributed by atoms with van der Waals surface area (Å²) >= 11 is 3.32. The number of hydrogen-bond donors (Lipinski definition) is 0. The summed E-state index contributed by atoms with van der Waals surface area (Å²) in [5, 5.41) is 0. The topological polar surface area (TPSA) is 40.6 Å². The fraction of sp³-hybridized carbons (Fsp3) is 0.538. The van der Waals surface area contributed by atoms with Crippen LogP contribution in [0.5, 0.6) is 0 Å². The Morgan fingerprint density at radius 2 is 1.95 bits per heavy atom. The van der Waals surface area contributed by atoms with Gasteiger partial charge in [0.15, 0.2) is 0 Å². The van der Waals surface area contributed by atoms with Gasteiger partial charge in [-0.3, -0.25) is 0 Å². The number of nitrogens with zero attached hydrogens (tertiary/aromatic N) is 2. The zero-order valence-corrected chi connectivity index (χ0v) is 13.6. The van der Waals surface area contributed by atoms with E-state index in [0.29, 0.717) is 4.90 Å². The predicted molar refractivity (Wildman–Crippen MR) is 79.6 cm³/mol. The maximum Gasteiger partial charge on any atom is 0.243 e. The van der Waals surface area contributed by atoms with Crippen molar-refractivity contribution < 1.29 is 8.42 Å². The summed E-state index contributed by atoms with van der Waals surface area (Å²) in [6.45, 7) is 1.84. The second kappa shape index (κ2) is 5.91. The van der Waals surface area contributed by atoms with E-state index in [1.54, 1.807) is 31.3 Å². The minimum Gasteiger partial charge on any atom is -0.305 e. The Morgan fingerprint density at radius 1 is 1.32 bits per heavy atom. The van der Waals surface area contributed by atoms with Crippen molar-refractivity contribution in [3.63, 3.8) is 0 Å². The Kier molecular flexibility index (Phi) is 4.66. The molecule has 0 N–H and O–H groups in total. The number of sulfonamides is 1. The summed E-state index contributed by atoms with van der Waals surface area (Å²) in [6.07, 6.45) is 1.97. The summed E-state index contributed by atoms with van der Waals surface area (Å²) in [7, 11) is 0.323. The van der Waals surface area contributed by atoms with Crippen LogP contribution in [0.25, 0.3) is 0 Å². The Morgan fingerprint density at radius 3 is 2.53 bits per heavy atom. The van der Waals surface area contributed by atoms with Gasteiger partial charge >= 0.3 is 0 Å². The Labute approximate surface area is 123 Å². The van der Waals surface area contributed by atoms with Gasteiger partial charge in [-0.15, -0.1) is 0 Å². The third kappa shape index (κ3) is 3.37. The lowest BCUT2D eigenvalue weighted by atomic mass is 10.1. The molecule has 1 unspecified atom stereocenters. The highest BCUT2D eigenvalue weighted by Crippen LogP contribution is 2.22. The van der Waals surface area contributed by atoms with Crippen LogP contribution in [0.1, 0.15) is 12.8 Å². The standard InChI is InChI=1S/C13H19BrN2O2S/c1-15-9-3-4-12(10-15)16(2)19(17,18)13-7-5-11(14)6-8-13/h5-8,12H,3-4,9-10H2,1-2H3. The van der Waals surface area contributed by atoms with Crippen LogP contribution in [-0.4, -0.2) is 50.8 Å². The summed E-state index contributed by atoms with van der Waals surface area (Å²) in [6, 6.07) is 6.86. The third-order valence-electron chi connectivity index (χ3n) is 3.60. The highest BCUT2D eigenvalue weighted by molar-refractivity contribution is 9.10. The van der Waals surface area contributed by atoms with Crippen molar-refractivity contribution in [3.8, 4) is 0 Å². The van der Waals surface area contributed by atoms with E-state index in [9.17, 15) is 8.42 Å². The number of likely N-dealkylation sites (tertiary alicyclic amines) is 1. The number of rotatable bonds is 3. The van der Waals surface area contributed by atoms with E-state index in [1.165, 1.54) is 4.31 Å². The first-order valence-electron chi connectivity index (χ1n) is 6.33. The third-order valence-corrected chi connectivity index (χ3v) is 6.06. The van der Waals surface area contributed by atoms with Gasteiger partial charge in [-0.1, -0.05) is 15.9 Å². The van der Waals surface area contributed by atoms with Crippen LogP contribution in [0.4, 0.5) is 0 Å². The largest absolute Gasteiger partial charge is 0.305 e. The van der Waals surface area contributed by atoms with Crippen LogP contribution in [-0.2, 0) is 10.0 Å². The highest BCUT2D eigenvalue weighted by atomic mass is 79.9. The van der Waals surface area contributed by atoms with Crippen molar-refractivity contribution in [2.75, 3.05) is 27.2 Å². The SMILES string of the molecule is CN1CCCC(N(C)S(=O)(=O)c2ccc(Br)cc2)C1. The molecule has 0 amide bonds. The van der Waals surface area contributed by atoms with Crippen LogP contribution >= 0.6 is 15.9 Å². The van der Waals surface area contributed by atoms with Gasteiger partial charge in [0.25, 0.3) is 0 Å². The fourth-order valence-electron chi connectivity index (χ4n) is 2.41. The molecule has 1 saturated heterocycles. The average molecular weight is 347 g/mol. The smallest absolute Gasteiger partial charge is 0.243 e. The lowest BCUT2D eigenvalue weighted by Gasteiger charge is -2.35. The van der Waals surface area contributed by atoms with E-state index >= 15 is 0 Å². The summed E-state index contributed by atoms with van der Waals surface area (Å²) in [5.74, 6) is 0. The van der Waals surface area contributed by atoms with Crippen LogP contribution in [0.3, 0.4) is 0 Å². The second-order valence-corrected chi connectivity index (χ2v) is 7.95. The molecule has 1 fully saturated rings. The minimum absolute atomic E-state index is 0.0624. The highest BCUT2D eigenvalue weighted by Gasteiger charge is 2.30. The van der Waals surface area contributed by atoms with Crippen molar-refractivity contribution in [3.05, 3.63) is 28.7 Å². The number of hydrogen-bond acceptors (Lipinski definition) is 3. The molecular formula is C13H19BrN2O2S. The molecule has 0 radical (unpaired) electrons. The maximum atomic E-state index is 12.5. The van der Waals surface area contributed by atoms with Gasteiger partial charge in [0.05, 0.1) is 4.90 Å². The molecule has 1 atom stereocenters. The zero-order chi connectivity index (χ0) is 14.0. The first kappa shape index (κ1) is 15.0. The molecule has 4 nitrogen and oxygen atoms in total. The van der Waals surface area contributed by atoms with Crippen molar-refractivity contribution in [1.29, 1.82) is 0 Å². The van der Waals surface area contributed by atoms with Gasteiger partial charge in [-0.2, -0.15) is 4.31 Å². The normalized spacial score (nSPS) is 21.8. The van der Waals surface area contributed by atoms with E-state index in [0.717, 1.165) is 30.4 Å². The van der Waals surface area contributed by atoms with Gasteiger partial charge in [0.1, 0.15) is 0 Å². The Balaban J connectivity index is 2.21. The second-order valence-electron chi connectivity index (χ2n) is 5.03. The van der Waals surface area contributed by atoms with Crippen molar-refractivity contribution in [2.24, 2.45) is 0 Å². The minimum atomic E-state index is -3.39. The van der Waals surface area contributed by atoms with Crippen molar-refractivity contribution in [2.45, 2.75) is 23.8 Å². The number of halogens is 1. The molecule has 1 aliphatic rings. The first-order valence-corrected chi connectivity index (χ1v) is 8.57. The molecule has 19 heavy (non-hydrogen) atoms.